The number of hydrogen-bond donors (Lipinski definition) is 2. The van der Waals surface area contributed by atoms with E-state index in [4.69, 9.17) is 20.0 Å². The molecule has 1 fully saturated rings. The van der Waals surface area contributed by atoms with Crippen molar-refractivity contribution in [1.82, 2.24) is 4.90 Å². The first-order valence-electron chi connectivity index (χ1n) is 12.6. The maximum atomic E-state index is 12.5. The Bertz CT molecular complexity index is 1460. The molecule has 5 rings (SSSR count). The first kappa shape index (κ1) is 25.8. The number of alkyl halides is 3. The number of furan rings is 1. The SMILES string of the molecule is N=C(OC(=N)C(F)(F)F)c1cc2c(OCCCN3CCC(c4ccc5ccccc5c4)CC3)cccc2o1. The number of nitrogens with one attached hydrogen (secondary N) is 2. The first-order valence-corrected chi connectivity index (χ1v) is 12.6. The van der Waals surface area contributed by atoms with Crippen LogP contribution in [0.3, 0.4) is 0 Å². The fourth-order valence-electron chi connectivity index (χ4n) is 4.90. The first-order chi connectivity index (χ1) is 18.3. The van der Waals surface area contributed by atoms with E-state index in [0.717, 1.165) is 38.9 Å². The van der Waals surface area contributed by atoms with Crippen molar-refractivity contribution in [2.24, 2.45) is 0 Å². The zero-order chi connectivity index (χ0) is 26.7. The summed E-state index contributed by atoms with van der Waals surface area (Å²) in [6.45, 7) is 3.45. The van der Waals surface area contributed by atoms with Crippen molar-refractivity contribution < 1.29 is 27.1 Å². The van der Waals surface area contributed by atoms with Crippen LogP contribution in [0.25, 0.3) is 21.7 Å². The Hall–Kier alpha value is -3.85. The van der Waals surface area contributed by atoms with Crippen LogP contribution in [-0.4, -0.2) is 49.1 Å². The van der Waals surface area contributed by atoms with Gasteiger partial charge in [-0.1, -0.05) is 48.5 Å². The van der Waals surface area contributed by atoms with E-state index in [1.165, 1.54) is 22.4 Å². The standard InChI is InChI=1S/C29H28F3N3O3/c30-29(31,32)28(34)38-27(33)26-18-23-24(7-3-8-25(23)37-26)36-16-4-13-35-14-11-20(12-15-35)22-10-9-19-5-1-2-6-21(19)17-22/h1-3,5-10,17-18,20,33-34H,4,11-16H2. The van der Waals surface area contributed by atoms with Gasteiger partial charge >= 0.3 is 6.18 Å². The summed E-state index contributed by atoms with van der Waals surface area (Å²) in [5.74, 6) is -1.98. The molecule has 1 aromatic heterocycles. The Balaban J connectivity index is 1.11. The van der Waals surface area contributed by atoms with Gasteiger partial charge in [0, 0.05) is 12.6 Å². The van der Waals surface area contributed by atoms with E-state index in [2.05, 4.69) is 52.1 Å². The number of fused-ring (bicyclic) bond motifs is 2. The number of ether oxygens (including phenoxy) is 2. The third-order valence-corrected chi connectivity index (χ3v) is 6.92. The number of piperidine rings is 1. The topological polar surface area (TPSA) is 82.5 Å². The van der Waals surface area contributed by atoms with Gasteiger partial charge in [-0.05, 0) is 66.7 Å². The van der Waals surface area contributed by atoms with Crippen LogP contribution in [0, 0.1) is 10.8 Å². The van der Waals surface area contributed by atoms with Crippen molar-refractivity contribution in [1.29, 1.82) is 10.8 Å². The molecule has 1 saturated heterocycles. The van der Waals surface area contributed by atoms with Crippen molar-refractivity contribution in [3.63, 3.8) is 0 Å². The summed E-state index contributed by atoms with van der Waals surface area (Å²) in [7, 11) is 0. The second-order valence-electron chi connectivity index (χ2n) is 9.46. The molecule has 0 amide bonds. The van der Waals surface area contributed by atoms with Crippen LogP contribution in [0.15, 0.2) is 71.1 Å². The van der Waals surface area contributed by atoms with Crippen molar-refractivity contribution in [2.45, 2.75) is 31.4 Å². The maximum Gasteiger partial charge on any atom is 0.468 e. The molecule has 1 aliphatic heterocycles. The lowest BCUT2D eigenvalue weighted by Crippen LogP contribution is -2.34. The average Bonchev–Trinajstić information content (AvgIpc) is 3.36. The summed E-state index contributed by atoms with van der Waals surface area (Å²) in [6, 6.07) is 21.7. The summed E-state index contributed by atoms with van der Waals surface area (Å²) in [6.07, 6.45) is -1.91. The fraction of sp³-hybridized carbons (Fsp3) is 0.310. The van der Waals surface area contributed by atoms with Gasteiger partial charge in [0.05, 0.1) is 12.0 Å². The molecular formula is C29H28F3N3O3. The number of nitrogens with zero attached hydrogens (tertiary/aromatic N) is 1. The van der Waals surface area contributed by atoms with Crippen LogP contribution in [0.4, 0.5) is 13.2 Å². The minimum absolute atomic E-state index is 0.209. The van der Waals surface area contributed by atoms with Crippen molar-refractivity contribution in [3.8, 4) is 5.75 Å². The zero-order valence-electron chi connectivity index (χ0n) is 20.7. The number of likely N-dealkylation sites (tertiary alicyclic amines) is 1. The van der Waals surface area contributed by atoms with Crippen molar-refractivity contribution in [2.75, 3.05) is 26.2 Å². The molecule has 38 heavy (non-hydrogen) atoms. The molecule has 2 heterocycles. The summed E-state index contributed by atoms with van der Waals surface area (Å²) >= 11 is 0. The minimum atomic E-state index is -4.97. The predicted octanol–water partition coefficient (Wildman–Crippen LogP) is 7.12. The lowest BCUT2D eigenvalue weighted by Gasteiger charge is -2.32. The highest BCUT2D eigenvalue weighted by Crippen LogP contribution is 2.31. The van der Waals surface area contributed by atoms with E-state index in [1.54, 1.807) is 18.2 Å². The van der Waals surface area contributed by atoms with Gasteiger partial charge in [-0.15, -0.1) is 0 Å². The number of hydrogen-bond acceptors (Lipinski definition) is 6. The Morgan fingerprint density at radius 1 is 0.947 bits per heavy atom. The highest BCUT2D eigenvalue weighted by atomic mass is 19.4. The van der Waals surface area contributed by atoms with Gasteiger partial charge in [0.1, 0.15) is 11.3 Å². The predicted molar refractivity (Wildman–Crippen MR) is 140 cm³/mol. The van der Waals surface area contributed by atoms with E-state index in [-0.39, 0.29) is 5.76 Å². The molecule has 0 bridgehead atoms. The van der Waals surface area contributed by atoms with E-state index in [0.29, 0.717) is 29.2 Å². The van der Waals surface area contributed by atoms with E-state index in [9.17, 15) is 13.2 Å². The zero-order valence-corrected chi connectivity index (χ0v) is 20.7. The normalized spacial score (nSPS) is 15.1. The van der Waals surface area contributed by atoms with Crippen LogP contribution in [0.1, 0.15) is 36.5 Å². The van der Waals surface area contributed by atoms with Crippen molar-refractivity contribution >= 4 is 33.5 Å². The number of benzene rings is 3. The van der Waals surface area contributed by atoms with Gasteiger partial charge in [0.15, 0.2) is 5.76 Å². The van der Waals surface area contributed by atoms with Crippen LogP contribution in [-0.2, 0) is 4.74 Å². The summed E-state index contributed by atoms with van der Waals surface area (Å²) in [5.41, 5.74) is 1.77. The van der Waals surface area contributed by atoms with Gasteiger partial charge in [0.2, 0.25) is 0 Å². The monoisotopic (exact) mass is 523 g/mol. The minimum Gasteiger partial charge on any atom is -0.493 e. The number of halogens is 3. The number of rotatable bonds is 7. The second-order valence-corrected chi connectivity index (χ2v) is 9.46. The fourth-order valence-corrected chi connectivity index (χ4v) is 4.90. The smallest absolute Gasteiger partial charge is 0.468 e. The lowest BCUT2D eigenvalue weighted by molar-refractivity contribution is -0.0728. The quantitative estimate of drug-likeness (QED) is 0.154. The second kappa shape index (κ2) is 10.9. The van der Waals surface area contributed by atoms with Gasteiger partial charge in [-0.3, -0.25) is 10.8 Å². The molecule has 0 saturated carbocycles. The van der Waals surface area contributed by atoms with Gasteiger partial charge in [-0.25, -0.2) is 0 Å². The molecule has 6 nitrogen and oxygen atoms in total. The molecule has 0 aliphatic carbocycles. The van der Waals surface area contributed by atoms with Crippen LogP contribution < -0.4 is 4.74 Å². The molecule has 9 heteroatoms. The largest absolute Gasteiger partial charge is 0.493 e. The van der Waals surface area contributed by atoms with E-state index < -0.39 is 18.0 Å². The van der Waals surface area contributed by atoms with Crippen LogP contribution in [0.2, 0.25) is 0 Å². The van der Waals surface area contributed by atoms with E-state index >= 15 is 0 Å². The van der Waals surface area contributed by atoms with E-state index in [1.807, 2.05) is 0 Å². The molecule has 3 aromatic carbocycles. The Morgan fingerprint density at radius 3 is 2.47 bits per heavy atom. The molecule has 1 aliphatic rings. The highest BCUT2D eigenvalue weighted by molar-refractivity contribution is 6.02. The highest BCUT2D eigenvalue weighted by Gasteiger charge is 2.38. The summed E-state index contributed by atoms with van der Waals surface area (Å²) < 4.78 is 53.3. The molecule has 0 radical (unpaired) electrons. The average molecular weight is 524 g/mol. The van der Waals surface area contributed by atoms with Gasteiger partial charge in [-0.2, -0.15) is 13.2 Å². The van der Waals surface area contributed by atoms with Crippen LogP contribution in [0.5, 0.6) is 5.75 Å². The third-order valence-electron chi connectivity index (χ3n) is 6.92. The van der Waals surface area contributed by atoms with Crippen molar-refractivity contribution in [3.05, 3.63) is 78.1 Å². The van der Waals surface area contributed by atoms with Gasteiger partial charge in [0.25, 0.3) is 11.8 Å². The third kappa shape index (κ3) is 5.83. The molecule has 2 N–H and O–H groups in total. The Morgan fingerprint density at radius 2 is 1.71 bits per heavy atom. The lowest BCUT2D eigenvalue weighted by atomic mass is 9.88. The maximum absolute atomic E-state index is 12.5. The summed E-state index contributed by atoms with van der Waals surface area (Å²) in [5, 5.41) is 17.7. The van der Waals surface area contributed by atoms with Gasteiger partial charge < -0.3 is 18.8 Å². The summed E-state index contributed by atoms with van der Waals surface area (Å²) in [4.78, 5) is 2.45. The molecule has 198 valence electrons. The Kier molecular flexibility index (Phi) is 7.37. The Labute approximate surface area is 218 Å². The van der Waals surface area contributed by atoms with Crippen LogP contribution >= 0.6 is 0 Å². The molecular weight excluding hydrogens is 495 g/mol. The molecule has 4 aromatic rings. The molecule has 0 spiro atoms. The molecule has 0 unspecified atom stereocenters. The molecule has 0 atom stereocenters.